The molecule has 1 atom stereocenters. The van der Waals surface area contributed by atoms with Crippen molar-refractivity contribution < 1.29 is 32.6 Å². The van der Waals surface area contributed by atoms with Crippen molar-refractivity contribution >= 4 is 34.3 Å². The van der Waals surface area contributed by atoms with Crippen molar-refractivity contribution in [3.05, 3.63) is 70.9 Å². The van der Waals surface area contributed by atoms with Crippen LogP contribution >= 0.6 is 0 Å². The maximum atomic E-state index is 14.0. The van der Waals surface area contributed by atoms with Crippen LogP contribution in [-0.2, 0) is 14.9 Å². The lowest BCUT2D eigenvalue weighted by molar-refractivity contribution is -0.140. The summed E-state index contributed by atoms with van der Waals surface area (Å²) >= 11 is 0. The standard InChI is InChI=1S/C34H39F2N3O5/c1-20(2)43-32(41)25-16-22(31(40)21-8-11-26(35)27(36)17-21)19-34(3,4)29-24-10-9-23(18-28(24)38-30(25)29)44-33(42)37-12-15-39-13-6-5-7-14-39/h8-11,16-18,20,22,38H,5-7,12-15,19H2,1-4H3,(H,37,42). The molecule has 0 saturated carbocycles. The number of Topliss-reactive ketones (excluding diaryl/α,β-unsaturated/α-hetero) is 1. The van der Waals surface area contributed by atoms with Crippen molar-refractivity contribution in [3.8, 4) is 5.75 Å². The summed E-state index contributed by atoms with van der Waals surface area (Å²) in [5.74, 6) is -3.67. The number of carbonyl (C=O) groups excluding carboxylic acids is 3. The number of hydrogen-bond donors (Lipinski definition) is 2. The van der Waals surface area contributed by atoms with Crippen LogP contribution in [0.2, 0.25) is 0 Å². The molecule has 10 heteroatoms. The summed E-state index contributed by atoms with van der Waals surface area (Å²) in [6.45, 7) is 10.7. The van der Waals surface area contributed by atoms with E-state index in [4.69, 9.17) is 9.47 Å². The van der Waals surface area contributed by atoms with E-state index in [0.29, 0.717) is 29.9 Å². The number of nitrogens with one attached hydrogen (secondary N) is 2. The molecule has 5 rings (SSSR count). The van der Waals surface area contributed by atoms with Gasteiger partial charge < -0.3 is 24.7 Å². The molecule has 8 nitrogen and oxygen atoms in total. The highest BCUT2D eigenvalue weighted by Crippen LogP contribution is 2.45. The van der Waals surface area contributed by atoms with E-state index in [9.17, 15) is 23.2 Å². The van der Waals surface area contributed by atoms with Gasteiger partial charge in [0.05, 0.1) is 17.4 Å². The van der Waals surface area contributed by atoms with Gasteiger partial charge >= 0.3 is 12.1 Å². The zero-order valence-corrected chi connectivity index (χ0v) is 25.6. The van der Waals surface area contributed by atoms with E-state index in [0.717, 1.165) is 42.7 Å². The van der Waals surface area contributed by atoms with E-state index in [-0.39, 0.29) is 11.1 Å². The van der Waals surface area contributed by atoms with Crippen LogP contribution in [0, 0.1) is 17.6 Å². The quantitative estimate of drug-likeness (QED) is 0.223. The predicted octanol–water partition coefficient (Wildman–Crippen LogP) is 6.54. The first kappa shape index (κ1) is 31.4. The first-order chi connectivity index (χ1) is 20.9. The average Bonchev–Trinajstić information content (AvgIpc) is 3.30. The van der Waals surface area contributed by atoms with E-state index >= 15 is 0 Å². The fourth-order valence-corrected chi connectivity index (χ4v) is 6.26. The molecule has 1 saturated heterocycles. The average molecular weight is 608 g/mol. The zero-order valence-electron chi connectivity index (χ0n) is 25.6. The topological polar surface area (TPSA) is 101 Å². The molecule has 44 heavy (non-hydrogen) atoms. The van der Waals surface area contributed by atoms with Crippen LogP contribution in [-0.4, -0.2) is 60.0 Å². The van der Waals surface area contributed by atoms with Gasteiger partial charge in [-0.3, -0.25) is 4.79 Å². The van der Waals surface area contributed by atoms with Gasteiger partial charge in [-0.2, -0.15) is 0 Å². The SMILES string of the molecule is CC(C)OC(=O)C1=CC(C(=O)c2ccc(F)c(F)c2)CC(C)(C)c2c1[nH]c1cc(OC(=O)NCCN3CCCCC3)ccc21. The smallest absolute Gasteiger partial charge is 0.412 e. The molecule has 0 radical (unpaired) electrons. The normalized spacial score (nSPS) is 18.3. The minimum atomic E-state index is -1.11. The summed E-state index contributed by atoms with van der Waals surface area (Å²) in [6.07, 6.45) is 4.50. The first-order valence-electron chi connectivity index (χ1n) is 15.2. The van der Waals surface area contributed by atoms with Crippen molar-refractivity contribution in [3.63, 3.8) is 0 Å². The highest BCUT2D eigenvalue weighted by molar-refractivity contribution is 6.19. The van der Waals surface area contributed by atoms with Gasteiger partial charge in [-0.25, -0.2) is 18.4 Å². The van der Waals surface area contributed by atoms with Gasteiger partial charge in [0.15, 0.2) is 17.4 Å². The summed E-state index contributed by atoms with van der Waals surface area (Å²) in [4.78, 5) is 45.2. The molecule has 2 aromatic carbocycles. The molecule has 1 unspecified atom stereocenters. The molecule has 0 spiro atoms. The van der Waals surface area contributed by atoms with Gasteiger partial charge in [0.2, 0.25) is 0 Å². The number of H-pyrrole nitrogens is 1. The Hall–Kier alpha value is -4.05. The summed E-state index contributed by atoms with van der Waals surface area (Å²) in [6, 6.07) is 8.29. The lowest BCUT2D eigenvalue weighted by Gasteiger charge is -2.27. The maximum absolute atomic E-state index is 14.0. The van der Waals surface area contributed by atoms with E-state index in [1.54, 1.807) is 32.1 Å². The van der Waals surface area contributed by atoms with Crippen molar-refractivity contribution in [2.24, 2.45) is 5.92 Å². The van der Waals surface area contributed by atoms with Gasteiger partial charge in [-0.1, -0.05) is 26.3 Å². The summed E-state index contributed by atoms with van der Waals surface area (Å²) in [5.41, 5.74) is 1.50. The Balaban J connectivity index is 1.44. The van der Waals surface area contributed by atoms with Crippen LogP contribution in [0.5, 0.6) is 5.75 Å². The lowest BCUT2D eigenvalue weighted by Crippen LogP contribution is -2.38. The van der Waals surface area contributed by atoms with Gasteiger partial charge in [0.1, 0.15) is 5.75 Å². The van der Waals surface area contributed by atoms with E-state index in [1.807, 2.05) is 19.9 Å². The third-order valence-corrected chi connectivity index (χ3v) is 8.27. The third-order valence-electron chi connectivity index (χ3n) is 8.27. The predicted molar refractivity (Wildman–Crippen MR) is 164 cm³/mol. The number of carbonyl (C=O) groups is 3. The number of aromatic nitrogens is 1. The molecule has 1 amide bonds. The number of amides is 1. The Bertz CT molecular complexity index is 1600. The highest BCUT2D eigenvalue weighted by Gasteiger charge is 2.39. The number of piperidine rings is 1. The number of benzene rings is 2. The Kier molecular flexibility index (Phi) is 9.20. The van der Waals surface area contributed by atoms with Crippen molar-refractivity contribution in [2.45, 2.75) is 64.9 Å². The van der Waals surface area contributed by atoms with E-state index < -0.39 is 46.9 Å². The Labute approximate surface area is 255 Å². The minimum Gasteiger partial charge on any atom is -0.459 e. The van der Waals surface area contributed by atoms with Crippen LogP contribution < -0.4 is 10.1 Å². The molecule has 0 bridgehead atoms. The van der Waals surface area contributed by atoms with E-state index in [2.05, 4.69) is 15.2 Å². The molecule has 1 aromatic heterocycles. The number of likely N-dealkylation sites (tertiary alicyclic amines) is 1. The summed E-state index contributed by atoms with van der Waals surface area (Å²) in [7, 11) is 0. The molecule has 234 valence electrons. The second-order valence-corrected chi connectivity index (χ2v) is 12.5. The van der Waals surface area contributed by atoms with Crippen LogP contribution in [0.4, 0.5) is 13.6 Å². The Morgan fingerprint density at radius 2 is 1.80 bits per heavy atom. The molecule has 2 aliphatic rings. The fraction of sp³-hybridized carbons (Fsp3) is 0.441. The number of ether oxygens (including phenoxy) is 2. The number of allylic oxidation sites excluding steroid dienone is 1. The summed E-state index contributed by atoms with van der Waals surface area (Å²) in [5, 5.41) is 3.61. The number of rotatable bonds is 8. The van der Waals surface area contributed by atoms with E-state index in [1.165, 1.54) is 25.3 Å². The van der Waals surface area contributed by atoms with Crippen LogP contribution in [0.3, 0.4) is 0 Å². The Morgan fingerprint density at radius 1 is 1.05 bits per heavy atom. The monoisotopic (exact) mass is 607 g/mol. The largest absolute Gasteiger partial charge is 0.459 e. The minimum absolute atomic E-state index is 0.0175. The second-order valence-electron chi connectivity index (χ2n) is 12.5. The number of fused-ring (bicyclic) bond motifs is 3. The van der Waals surface area contributed by atoms with Crippen LogP contribution in [0.25, 0.3) is 16.5 Å². The fourth-order valence-electron chi connectivity index (χ4n) is 6.26. The number of hydrogen-bond acceptors (Lipinski definition) is 6. The molecular formula is C34H39F2N3O5. The van der Waals surface area contributed by atoms with Gasteiger partial charge in [-0.05, 0) is 87.5 Å². The molecule has 1 fully saturated rings. The first-order valence-corrected chi connectivity index (χ1v) is 15.2. The highest BCUT2D eigenvalue weighted by atomic mass is 19.2. The number of ketones is 1. The number of halogens is 2. The van der Waals surface area contributed by atoms with Gasteiger partial charge in [0.25, 0.3) is 0 Å². The number of esters is 1. The summed E-state index contributed by atoms with van der Waals surface area (Å²) < 4.78 is 38.7. The Morgan fingerprint density at radius 3 is 2.50 bits per heavy atom. The molecule has 1 aliphatic carbocycles. The molecular weight excluding hydrogens is 568 g/mol. The van der Waals surface area contributed by atoms with Crippen LogP contribution in [0.1, 0.15) is 75.0 Å². The number of aromatic amines is 1. The second kappa shape index (κ2) is 12.9. The molecule has 2 heterocycles. The van der Waals surface area contributed by atoms with Gasteiger partial charge in [0, 0.05) is 41.5 Å². The molecule has 2 N–H and O–H groups in total. The van der Waals surface area contributed by atoms with Crippen LogP contribution in [0.15, 0.2) is 42.5 Å². The van der Waals surface area contributed by atoms with Crippen molar-refractivity contribution in [1.29, 1.82) is 0 Å². The maximum Gasteiger partial charge on any atom is 0.412 e. The number of nitrogens with zero attached hydrogens (tertiary/aromatic N) is 1. The van der Waals surface area contributed by atoms with Crippen molar-refractivity contribution in [2.75, 3.05) is 26.2 Å². The van der Waals surface area contributed by atoms with Crippen molar-refractivity contribution in [1.82, 2.24) is 15.2 Å². The third kappa shape index (κ3) is 6.85. The lowest BCUT2D eigenvalue weighted by atomic mass is 9.75. The van der Waals surface area contributed by atoms with Gasteiger partial charge in [-0.15, -0.1) is 0 Å². The molecule has 3 aromatic rings. The molecule has 1 aliphatic heterocycles. The zero-order chi connectivity index (χ0) is 31.6.